The molecule has 0 bridgehead atoms. The molecule has 1 amide bonds. The summed E-state index contributed by atoms with van der Waals surface area (Å²) in [5.74, 6) is 0.0369. The van der Waals surface area contributed by atoms with Crippen molar-refractivity contribution in [3.63, 3.8) is 0 Å². The topological polar surface area (TPSA) is 42.4 Å². The Morgan fingerprint density at radius 3 is 3.20 bits per heavy atom. The van der Waals surface area contributed by atoms with E-state index in [9.17, 15) is 4.79 Å². The molecule has 0 saturated heterocycles. The van der Waals surface area contributed by atoms with Gasteiger partial charge in [-0.25, -0.2) is 0 Å². The van der Waals surface area contributed by atoms with Gasteiger partial charge in [-0.1, -0.05) is 6.07 Å². The van der Waals surface area contributed by atoms with Gasteiger partial charge in [0.05, 0.1) is 12.2 Å². The van der Waals surface area contributed by atoms with Crippen molar-refractivity contribution in [1.82, 2.24) is 9.88 Å². The predicted molar refractivity (Wildman–Crippen MR) is 55.0 cm³/mol. The van der Waals surface area contributed by atoms with Gasteiger partial charge in [0.2, 0.25) is 5.91 Å². The fourth-order valence-electron chi connectivity index (χ4n) is 1.66. The highest BCUT2D eigenvalue weighted by Gasteiger charge is 2.23. The second-order valence-electron chi connectivity index (χ2n) is 3.50. The summed E-state index contributed by atoms with van der Waals surface area (Å²) in [6, 6.07) is 3.91. The normalized spacial score (nSPS) is 14.1. The lowest BCUT2D eigenvalue weighted by Crippen LogP contribution is -2.29. The summed E-state index contributed by atoms with van der Waals surface area (Å²) in [5.41, 5.74) is 2.14. The van der Waals surface area contributed by atoms with Crippen LogP contribution in [-0.4, -0.2) is 29.0 Å². The maximum atomic E-state index is 11.6. The van der Waals surface area contributed by atoms with E-state index < -0.39 is 0 Å². The number of amides is 1. The van der Waals surface area contributed by atoms with Crippen LogP contribution in [0.3, 0.4) is 0 Å². The van der Waals surface area contributed by atoms with Gasteiger partial charge in [0.15, 0.2) is 0 Å². The van der Waals surface area contributed by atoms with E-state index in [1.807, 2.05) is 19.1 Å². The second-order valence-corrected chi connectivity index (χ2v) is 3.50. The van der Waals surface area contributed by atoms with Crippen LogP contribution in [0.2, 0.25) is 0 Å². The molecular formula is C11H14N2O2. The Labute approximate surface area is 88.9 Å². The third-order valence-electron chi connectivity index (χ3n) is 2.47. The Balaban J connectivity index is 1.98. The van der Waals surface area contributed by atoms with Gasteiger partial charge < -0.3 is 9.64 Å². The number of rotatable bonds is 3. The van der Waals surface area contributed by atoms with Gasteiger partial charge in [0.25, 0.3) is 0 Å². The molecule has 0 aliphatic carbocycles. The fourth-order valence-corrected chi connectivity index (χ4v) is 1.66. The van der Waals surface area contributed by atoms with Crippen LogP contribution in [-0.2, 0) is 22.6 Å². The van der Waals surface area contributed by atoms with Crippen LogP contribution < -0.4 is 0 Å². The molecule has 0 radical (unpaired) electrons. The van der Waals surface area contributed by atoms with Gasteiger partial charge >= 0.3 is 0 Å². The average molecular weight is 206 g/mol. The van der Waals surface area contributed by atoms with Crippen LogP contribution >= 0.6 is 0 Å². The Kier molecular flexibility index (Phi) is 2.97. The minimum absolute atomic E-state index is 0.0369. The van der Waals surface area contributed by atoms with Crippen molar-refractivity contribution in [2.45, 2.75) is 20.0 Å². The zero-order valence-corrected chi connectivity index (χ0v) is 8.77. The highest BCUT2D eigenvalue weighted by Crippen LogP contribution is 2.19. The summed E-state index contributed by atoms with van der Waals surface area (Å²) < 4.78 is 5.09. The molecule has 80 valence electrons. The number of pyridine rings is 1. The van der Waals surface area contributed by atoms with E-state index in [1.165, 1.54) is 0 Å². The van der Waals surface area contributed by atoms with Crippen molar-refractivity contribution in [3.05, 3.63) is 29.6 Å². The van der Waals surface area contributed by atoms with Crippen LogP contribution in [0.4, 0.5) is 0 Å². The van der Waals surface area contributed by atoms with Gasteiger partial charge in [-0.3, -0.25) is 9.78 Å². The first-order valence-electron chi connectivity index (χ1n) is 5.09. The number of carbonyl (C=O) groups excluding carboxylic acids is 1. The average Bonchev–Trinajstić information content (AvgIpc) is 2.69. The smallest absolute Gasteiger partial charge is 0.249 e. The summed E-state index contributed by atoms with van der Waals surface area (Å²) in [6.45, 7) is 3.90. The van der Waals surface area contributed by atoms with Crippen LogP contribution in [0.1, 0.15) is 18.2 Å². The highest BCUT2D eigenvalue weighted by atomic mass is 16.5. The summed E-state index contributed by atoms with van der Waals surface area (Å²) in [5, 5.41) is 0. The molecule has 1 aliphatic rings. The molecule has 4 heteroatoms. The highest BCUT2D eigenvalue weighted by molar-refractivity contribution is 5.78. The third kappa shape index (κ3) is 2.15. The SMILES string of the molecule is CCOCC(=O)N1Cc2cccnc2C1. The standard InChI is InChI=1S/C11H14N2O2/c1-2-15-8-11(14)13-6-9-4-3-5-12-10(9)7-13/h3-5H,2,6-8H2,1H3. The molecule has 0 unspecified atom stereocenters. The molecule has 0 fully saturated rings. The molecule has 1 aliphatic heterocycles. The first-order chi connectivity index (χ1) is 7.31. The van der Waals surface area contributed by atoms with Gasteiger partial charge in [0, 0.05) is 19.3 Å². The minimum atomic E-state index is 0.0369. The van der Waals surface area contributed by atoms with Gasteiger partial charge in [-0.05, 0) is 18.6 Å². The summed E-state index contributed by atoms with van der Waals surface area (Å²) in [4.78, 5) is 17.7. The zero-order chi connectivity index (χ0) is 10.7. The molecular weight excluding hydrogens is 192 g/mol. The largest absolute Gasteiger partial charge is 0.372 e. The van der Waals surface area contributed by atoms with E-state index in [2.05, 4.69) is 4.98 Å². The molecule has 1 aromatic rings. The number of hydrogen-bond donors (Lipinski definition) is 0. The van der Waals surface area contributed by atoms with Gasteiger partial charge in [0.1, 0.15) is 6.61 Å². The minimum Gasteiger partial charge on any atom is -0.372 e. The molecule has 0 N–H and O–H groups in total. The zero-order valence-electron chi connectivity index (χ0n) is 8.77. The molecule has 0 aromatic carbocycles. The van der Waals surface area contributed by atoms with E-state index >= 15 is 0 Å². The summed E-state index contributed by atoms with van der Waals surface area (Å²) in [7, 11) is 0. The van der Waals surface area contributed by atoms with Crippen molar-refractivity contribution in [1.29, 1.82) is 0 Å². The van der Waals surface area contributed by atoms with Crippen LogP contribution in [0.25, 0.3) is 0 Å². The number of aromatic nitrogens is 1. The monoisotopic (exact) mass is 206 g/mol. The molecule has 15 heavy (non-hydrogen) atoms. The quantitative estimate of drug-likeness (QED) is 0.739. The Hall–Kier alpha value is -1.42. The predicted octanol–water partition coefficient (Wildman–Crippen LogP) is 0.960. The van der Waals surface area contributed by atoms with Crippen molar-refractivity contribution in [3.8, 4) is 0 Å². The molecule has 2 heterocycles. The van der Waals surface area contributed by atoms with Crippen molar-refractivity contribution in [2.75, 3.05) is 13.2 Å². The maximum Gasteiger partial charge on any atom is 0.249 e. The first kappa shape index (κ1) is 10.1. The number of nitrogens with zero attached hydrogens (tertiary/aromatic N) is 2. The third-order valence-corrected chi connectivity index (χ3v) is 2.47. The molecule has 1 aromatic heterocycles. The molecule has 0 saturated carbocycles. The second kappa shape index (κ2) is 4.40. The first-order valence-corrected chi connectivity index (χ1v) is 5.09. The van der Waals surface area contributed by atoms with Crippen LogP contribution in [0, 0.1) is 0 Å². The summed E-state index contributed by atoms with van der Waals surface area (Å²) in [6.07, 6.45) is 1.76. The molecule has 0 atom stereocenters. The van der Waals surface area contributed by atoms with Crippen molar-refractivity contribution >= 4 is 5.91 Å². The fraction of sp³-hybridized carbons (Fsp3) is 0.455. The molecule has 0 spiro atoms. The Morgan fingerprint density at radius 1 is 1.60 bits per heavy atom. The number of fused-ring (bicyclic) bond motifs is 1. The number of ether oxygens (including phenoxy) is 1. The van der Waals surface area contributed by atoms with E-state index in [-0.39, 0.29) is 12.5 Å². The Bertz CT molecular complexity index is 340. The van der Waals surface area contributed by atoms with E-state index in [0.717, 1.165) is 11.3 Å². The Morgan fingerprint density at radius 2 is 2.47 bits per heavy atom. The van der Waals surface area contributed by atoms with Gasteiger partial charge in [-0.2, -0.15) is 0 Å². The lowest BCUT2D eigenvalue weighted by Gasteiger charge is -2.14. The van der Waals surface area contributed by atoms with Crippen LogP contribution in [0.15, 0.2) is 18.3 Å². The molecule has 4 nitrogen and oxygen atoms in total. The van der Waals surface area contributed by atoms with Crippen molar-refractivity contribution in [2.24, 2.45) is 0 Å². The summed E-state index contributed by atoms with van der Waals surface area (Å²) >= 11 is 0. The maximum absolute atomic E-state index is 11.6. The number of hydrogen-bond acceptors (Lipinski definition) is 3. The lowest BCUT2D eigenvalue weighted by atomic mass is 10.2. The molecule has 2 rings (SSSR count). The van der Waals surface area contributed by atoms with Crippen molar-refractivity contribution < 1.29 is 9.53 Å². The number of carbonyl (C=O) groups is 1. The van der Waals surface area contributed by atoms with Gasteiger partial charge in [-0.15, -0.1) is 0 Å². The van der Waals surface area contributed by atoms with E-state index in [1.54, 1.807) is 11.1 Å². The van der Waals surface area contributed by atoms with E-state index in [0.29, 0.717) is 19.7 Å². The van der Waals surface area contributed by atoms with E-state index in [4.69, 9.17) is 4.74 Å². The van der Waals surface area contributed by atoms with Crippen LogP contribution in [0.5, 0.6) is 0 Å². The lowest BCUT2D eigenvalue weighted by molar-refractivity contribution is -0.136.